The van der Waals surface area contributed by atoms with Gasteiger partial charge in [0.1, 0.15) is 11.7 Å². The van der Waals surface area contributed by atoms with E-state index in [2.05, 4.69) is 13.2 Å². The number of carbonyl (C=O) groups is 2. The highest BCUT2D eigenvalue weighted by Gasteiger charge is 2.25. The monoisotopic (exact) mass is 240 g/mol. The highest BCUT2D eigenvalue weighted by atomic mass is 16.5. The third-order valence-electron chi connectivity index (χ3n) is 2.25. The van der Waals surface area contributed by atoms with Gasteiger partial charge in [-0.2, -0.15) is 0 Å². The van der Waals surface area contributed by atoms with Crippen LogP contribution in [0.1, 0.15) is 27.2 Å². The Morgan fingerprint density at radius 3 is 2.35 bits per heavy atom. The number of ketones is 1. The van der Waals surface area contributed by atoms with E-state index in [1.54, 1.807) is 20.8 Å². The van der Waals surface area contributed by atoms with Crippen LogP contribution in [0, 0.1) is 0 Å². The van der Waals surface area contributed by atoms with Gasteiger partial charge in [-0.3, -0.25) is 4.79 Å². The first kappa shape index (κ1) is 15.6. The second kappa shape index (κ2) is 7.01. The van der Waals surface area contributed by atoms with Crippen molar-refractivity contribution in [2.24, 2.45) is 0 Å². The summed E-state index contributed by atoms with van der Waals surface area (Å²) in [4.78, 5) is 22.3. The minimum absolute atomic E-state index is 0.173. The molecule has 1 unspecified atom stereocenters. The molecule has 0 aliphatic rings. The van der Waals surface area contributed by atoms with E-state index in [0.717, 1.165) is 6.08 Å². The Morgan fingerprint density at radius 2 is 1.88 bits per heavy atom. The van der Waals surface area contributed by atoms with Crippen molar-refractivity contribution in [3.63, 3.8) is 0 Å². The molecule has 0 spiro atoms. The summed E-state index contributed by atoms with van der Waals surface area (Å²) in [5.41, 5.74) is -0.885. The number of ether oxygens (including phenoxy) is 2. The molecule has 0 aliphatic heterocycles. The fraction of sp³-hybridized carbons (Fsp3) is 0.538. The van der Waals surface area contributed by atoms with Crippen LogP contribution in [-0.2, 0) is 19.1 Å². The molecule has 4 heteroatoms. The van der Waals surface area contributed by atoms with Crippen LogP contribution < -0.4 is 0 Å². The van der Waals surface area contributed by atoms with Crippen molar-refractivity contribution in [3.8, 4) is 0 Å². The molecule has 0 N–H and O–H groups in total. The molecule has 0 rings (SSSR count). The van der Waals surface area contributed by atoms with Crippen LogP contribution in [0.5, 0.6) is 0 Å². The minimum Gasteiger partial charge on any atom is -0.459 e. The predicted octanol–water partition coefficient (Wildman–Crippen LogP) is 2.04. The lowest BCUT2D eigenvalue weighted by atomic mass is 10.0. The number of hydrogen-bond acceptors (Lipinski definition) is 4. The Labute approximate surface area is 102 Å². The van der Waals surface area contributed by atoms with Gasteiger partial charge in [0.05, 0.1) is 6.61 Å². The van der Waals surface area contributed by atoms with E-state index >= 15 is 0 Å². The van der Waals surface area contributed by atoms with Gasteiger partial charge in [0.15, 0.2) is 5.78 Å². The van der Waals surface area contributed by atoms with E-state index in [0.29, 0.717) is 13.0 Å². The SMILES string of the molecule is C=CC(=O)OC(C)CCOC(C)(C)C(=O)C=C. The Bertz CT molecular complexity index is 305. The molecule has 4 nitrogen and oxygen atoms in total. The summed E-state index contributed by atoms with van der Waals surface area (Å²) in [6.07, 6.45) is 2.60. The molecule has 0 aromatic rings. The quantitative estimate of drug-likeness (QED) is 0.481. The standard InChI is InChI=1S/C13H20O4/c1-6-11(14)13(4,5)16-9-8-10(3)17-12(15)7-2/h6-7,10H,1-2,8-9H2,3-5H3. The number of esters is 1. The van der Waals surface area contributed by atoms with E-state index in [4.69, 9.17) is 9.47 Å². The smallest absolute Gasteiger partial charge is 0.330 e. The van der Waals surface area contributed by atoms with Crippen LogP contribution in [0.4, 0.5) is 0 Å². The van der Waals surface area contributed by atoms with Crippen LogP contribution in [0.3, 0.4) is 0 Å². The van der Waals surface area contributed by atoms with Gasteiger partial charge in [0.25, 0.3) is 0 Å². The molecule has 0 saturated carbocycles. The fourth-order valence-electron chi connectivity index (χ4n) is 1.10. The highest BCUT2D eigenvalue weighted by Crippen LogP contribution is 2.12. The Morgan fingerprint density at radius 1 is 1.29 bits per heavy atom. The van der Waals surface area contributed by atoms with E-state index in [1.165, 1.54) is 6.08 Å². The summed E-state index contributed by atoms with van der Waals surface area (Å²) in [6.45, 7) is 12.2. The van der Waals surface area contributed by atoms with Gasteiger partial charge in [-0.25, -0.2) is 4.79 Å². The number of hydrogen-bond donors (Lipinski definition) is 0. The molecular weight excluding hydrogens is 220 g/mol. The molecule has 0 radical (unpaired) electrons. The summed E-state index contributed by atoms with van der Waals surface area (Å²) in [6, 6.07) is 0. The Hall–Kier alpha value is -1.42. The molecule has 0 aromatic heterocycles. The average Bonchev–Trinajstić information content (AvgIpc) is 2.27. The minimum atomic E-state index is -0.885. The molecule has 0 bridgehead atoms. The van der Waals surface area contributed by atoms with Gasteiger partial charge < -0.3 is 9.47 Å². The lowest BCUT2D eigenvalue weighted by Gasteiger charge is -2.23. The molecule has 17 heavy (non-hydrogen) atoms. The molecule has 1 atom stereocenters. The topological polar surface area (TPSA) is 52.6 Å². The van der Waals surface area contributed by atoms with E-state index in [-0.39, 0.29) is 11.9 Å². The molecule has 0 saturated heterocycles. The molecule has 96 valence electrons. The maximum atomic E-state index is 11.4. The van der Waals surface area contributed by atoms with Gasteiger partial charge >= 0.3 is 5.97 Å². The van der Waals surface area contributed by atoms with E-state index in [9.17, 15) is 9.59 Å². The van der Waals surface area contributed by atoms with Crippen LogP contribution in [0.2, 0.25) is 0 Å². The molecular formula is C13H20O4. The maximum absolute atomic E-state index is 11.4. The average molecular weight is 240 g/mol. The molecule has 0 aromatic carbocycles. The maximum Gasteiger partial charge on any atom is 0.330 e. The van der Waals surface area contributed by atoms with Crippen LogP contribution in [-0.4, -0.2) is 30.1 Å². The van der Waals surface area contributed by atoms with Crippen molar-refractivity contribution in [1.82, 2.24) is 0 Å². The Balaban J connectivity index is 3.98. The first-order valence-electron chi connectivity index (χ1n) is 5.47. The lowest BCUT2D eigenvalue weighted by molar-refractivity contribution is -0.145. The summed E-state index contributed by atoms with van der Waals surface area (Å²) in [5.74, 6) is -0.632. The predicted molar refractivity (Wildman–Crippen MR) is 65.6 cm³/mol. The summed E-state index contributed by atoms with van der Waals surface area (Å²) in [5, 5.41) is 0. The van der Waals surface area contributed by atoms with Crippen LogP contribution in [0.15, 0.2) is 25.3 Å². The third kappa shape index (κ3) is 6.02. The van der Waals surface area contributed by atoms with Gasteiger partial charge in [-0.1, -0.05) is 13.2 Å². The van der Waals surface area contributed by atoms with E-state index in [1.807, 2.05) is 0 Å². The summed E-state index contributed by atoms with van der Waals surface area (Å²) in [7, 11) is 0. The molecule has 0 aliphatic carbocycles. The largest absolute Gasteiger partial charge is 0.459 e. The molecule has 0 fully saturated rings. The highest BCUT2D eigenvalue weighted by molar-refractivity contribution is 5.95. The van der Waals surface area contributed by atoms with Crippen molar-refractivity contribution >= 4 is 11.8 Å². The summed E-state index contributed by atoms with van der Waals surface area (Å²) >= 11 is 0. The second-order valence-corrected chi connectivity index (χ2v) is 4.17. The number of carbonyl (C=O) groups excluding carboxylic acids is 2. The Kier molecular flexibility index (Phi) is 6.43. The van der Waals surface area contributed by atoms with E-state index < -0.39 is 11.6 Å². The van der Waals surface area contributed by atoms with Crippen LogP contribution >= 0.6 is 0 Å². The summed E-state index contributed by atoms with van der Waals surface area (Å²) < 4.78 is 10.4. The lowest BCUT2D eigenvalue weighted by Crippen LogP contribution is -2.34. The van der Waals surface area contributed by atoms with Gasteiger partial charge in [0.2, 0.25) is 0 Å². The zero-order chi connectivity index (χ0) is 13.5. The van der Waals surface area contributed by atoms with Crippen molar-refractivity contribution < 1.29 is 19.1 Å². The van der Waals surface area contributed by atoms with Gasteiger partial charge in [-0.05, 0) is 26.8 Å². The van der Waals surface area contributed by atoms with Gasteiger partial charge in [-0.15, -0.1) is 0 Å². The van der Waals surface area contributed by atoms with Crippen molar-refractivity contribution in [1.29, 1.82) is 0 Å². The zero-order valence-electron chi connectivity index (χ0n) is 10.7. The van der Waals surface area contributed by atoms with Crippen molar-refractivity contribution in [2.45, 2.75) is 38.9 Å². The van der Waals surface area contributed by atoms with Gasteiger partial charge in [0, 0.05) is 12.5 Å². The second-order valence-electron chi connectivity index (χ2n) is 4.17. The number of rotatable bonds is 8. The van der Waals surface area contributed by atoms with Crippen molar-refractivity contribution in [2.75, 3.05) is 6.61 Å². The zero-order valence-corrected chi connectivity index (χ0v) is 10.7. The molecule has 0 amide bonds. The fourth-order valence-corrected chi connectivity index (χ4v) is 1.10. The van der Waals surface area contributed by atoms with Crippen LogP contribution in [0.25, 0.3) is 0 Å². The van der Waals surface area contributed by atoms with Crippen molar-refractivity contribution in [3.05, 3.63) is 25.3 Å². The molecule has 0 heterocycles. The first-order chi connectivity index (χ1) is 7.83. The normalized spacial score (nSPS) is 12.6. The first-order valence-corrected chi connectivity index (χ1v) is 5.47. The third-order valence-corrected chi connectivity index (χ3v) is 2.25.